The lowest BCUT2D eigenvalue weighted by Gasteiger charge is -2.49. The highest BCUT2D eigenvalue weighted by molar-refractivity contribution is 6.31. The number of phenols is 3. The third kappa shape index (κ3) is 9.74. The van der Waals surface area contributed by atoms with E-state index in [1.54, 1.807) is 30.3 Å². The Hall–Kier alpha value is -6.77. The molecule has 2 amide bonds. The van der Waals surface area contributed by atoms with Crippen LogP contribution in [0.15, 0.2) is 54.6 Å². The Labute approximate surface area is 422 Å². The van der Waals surface area contributed by atoms with Crippen molar-refractivity contribution in [3.63, 3.8) is 0 Å². The van der Waals surface area contributed by atoms with Crippen LogP contribution >= 0.6 is 0 Å². The monoisotopic (exact) mass is 1030 g/mol. The van der Waals surface area contributed by atoms with E-state index in [9.17, 15) is 69.9 Å². The van der Waals surface area contributed by atoms with Gasteiger partial charge in [-0.15, -0.1) is 0 Å². The van der Waals surface area contributed by atoms with Crippen molar-refractivity contribution in [3.05, 3.63) is 105 Å². The van der Waals surface area contributed by atoms with Gasteiger partial charge in [0.25, 0.3) is 5.91 Å². The number of aryl methyl sites for hydroxylation is 1. The first kappa shape index (κ1) is 53.5. The molecule has 4 aromatic rings. The molecule has 8 rings (SSSR count). The number of carboxylic acids is 1. The number of amides is 2. The number of ether oxygens (including phenoxy) is 6. The predicted molar refractivity (Wildman–Crippen MR) is 253 cm³/mol. The molecule has 0 unspecified atom stereocenters. The molecule has 2 saturated heterocycles. The highest BCUT2D eigenvalue weighted by atomic mass is 16.7. The molecule has 4 aromatic carbocycles. The van der Waals surface area contributed by atoms with E-state index in [-0.39, 0.29) is 47.6 Å². The van der Waals surface area contributed by atoms with Gasteiger partial charge in [0.05, 0.1) is 42.6 Å². The van der Waals surface area contributed by atoms with Gasteiger partial charge in [-0.2, -0.15) is 0 Å². The first-order valence-electron chi connectivity index (χ1n) is 23.6. The van der Waals surface area contributed by atoms with Gasteiger partial charge >= 0.3 is 12.1 Å². The molecule has 74 heavy (non-hydrogen) atoms. The van der Waals surface area contributed by atoms with Crippen molar-refractivity contribution >= 4 is 29.5 Å². The summed E-state index contributed by atoms with van der Waals surface area (Å²) in [4.78, 5) is 69.7. The normalized spacial score (nSPS) is 26.4. The molecule has 0 aromatic heterocycles. The van der Waals surface area contributed by atoms with Crippen LogP contribution in [-0.4, -0.2) is 169 Å². The van der Waals surface area contributed by atoms with Crippen molar-refractivity contribution in [3.8, 4) is 34.1 Å². The molecule has 2 aliphatic carbocycles. The van der Waals surface area contributed by atoms with Crippen LogP contribution in [0.25, 0.3) is 11.1 Å². The summed E-state index contributed by atoms with van der Waals surface area (Å²) in [7, 11) is 2.58. The number of benzene rings is 4. The molecular formula is C51H57N3O20. The summed E-state index contributed by atoms with van der Waals surface area (Å²) in [6.45, 7) is 2.43. The minimum Gasteiger partial charge on any atom is -0.507 e. The number of aromatic hydroxyl groups is 3. The van der Waals surface area contributed by atoms with Crippen LogP contribution in [0.5, 0.6) is 23.0 Å². The van der Waals surface area contributed by atoms with Gasteiger partial charge in [-0.05, 0) is 74.0 Å². The summed E-state index contributed by atoms with van der Waals surface area (Å²) >= 11 is 0. The quantitative estimate of drug-likeness (QED) is 0.0663. The van der Waals surface area contributed by atoms with E-state index >= 15 is 0 Å². The summed E-state index contributed by atoms with van der Waals surface area (Å²) < 4.78 is 35.2. The lowest BCUT2D eigenvalue weighted by molar-refractivity contribution is -0.344. The van der Waals surface area contributed by atoms with E-state index in [0.717, 1.165) is 17.0 Å². The summed E-state index contributed by atoms with van der Waals surface area (Å²) in [5.41, 5.74) is 2.39. The van der Waals surface area contributed by atoms with Crippen molar-refractivity contribution in [2.45, 2.75) is 113 Å². The Morgan fingerprint density at radius 3 is 2.19 bits per heavy atom. The highest BCUT2D eigenvalue weighted by Gasteiger charge is 2.53. The van der Waals surface area contributed by atoms with Crippen LogP contribution in [0.4, 0.5) is 4.79 Å². The van der Waals surface area contributed by atoms with Crippen molar-refractivity contribution in [2.75, 3.05) is 27.3 Å². The standard InChI is InChI=1S/C51H57N3O20/c1-20-14-27-34(41(61)31(20)47(65)53-28(48(66)67)12-8-9-13-52)33-25(17-26-35(42(33)62)38(58)24-15-23(69-4)16-29(55)32(24)37(26)57)39(59)45(27)73-50-44(64)46(74-49-43(63)40(60)30(56)19-70-49)36(21(2)72-50)54(3)51(68)71-18-22-10-6-5-7-11-22/h5-7,10-11,14-17,21,28,30,36,39-40,43-46,49-50,55-56,59-64H,8-9,12-13,18-19,52H2,1-4H3,(H,53,65)(H,66,67)/t21-,28-,30-,36+,39+,40+,43-,44-,45+,46+,49+,50+/m1/s1. The van der Waals surface area contributed by atoms with Crippen molar-refractivity contribution in [2.24, 2.45) is 5.73 Å². The lowest BCUT2D eigenvalue weighted by Crippen LogP contribution is -2.66. The maximum Gasteiger partial charge on any atom is 0.410 e. The average Bonchev–Trinajstić information content (AvgIpc) is 3.36. The topological polar surface area (TPSA) is 364 Å². The Morgan fingerprint density at radius 1 is 0.838 bits per heavy atom. The van der Waals surface area contributed by atoms with Crippen molar-refractivity contribution in [1.29, 1.82) is 0 Å². The number of likely N-dealkylation sites (N-methyl/N-ethyl adjacent to an activating group) is 1. The average molecular weight is 1030 g/mol. The molecule has 396 valence electrons. The number of rotatable bonds is 15. The lowest BCUT2D eigenvalue weighted by atomic mass is 9.74. The van der Waals surface area contributed by atoms with Gasteiger partial charge in [0.15, 0.2) is 24.1 Å². The smallest absolute Gasteiger partial charge is 0.410 e. The van der Waals surface area contributed by atoms with Gasteiger partial charge in [-0.3, -0.25) is 14.4 Å². The molecule has 0 spiro atoms. The summed E-state index contributed by atoms with van der Waals surface area (Å²) in [5.74, 6) is -6.89. The minimum atomic E-state index is -2.02. The van der Waals surface area contributed by atoms with Gasteiger partial charge < -0.3 is 90.3 Å². The van der Waals surface area contributed by atoms with E-state index in [1.807, 2.05) is 0 Å². The molecule has 2 fully saturated rings. The number of aliphatic hydroxyl groups excluding tert-OH is 5. The third-order valence-corrected chi connectivity index (χ3v) is 13.8. The number of fused-ring (bicyclic) bond motifs is 5. The van der Waals surface area contributed by atoms with Crippen LogP contribution < -0.4 is 15.8 Å². The SMILES string of the molecule is COc1cc(O)c2c(c1)C(=O)c1c(cc3c(c1O)-c1c(cc(C)c(C(=O)N[C@H](CCCCN)C(=O)O)c1O)[C@H](O[C@@H]1O[C@H](C)[C@H](N(C)C(=O)OCc4ccccc4)[C@H](O[C@@H]4OC[C@@H](O)[C@H](O)[C@H]4O)[C@H]1O)[C@H]3O)C2=O. The summed E-state index contributed by atoms with van der Waals surface area (Å²) in [6.07, 6.45) is -17.7. The fourth-order valence-corrected chi connectivity index (χ4v) is 10.0. The van der Waals surface area contributed by atoms with E-state index < -0.39 is 160 Å². The Bertz CT molecular complexity index is 2840. The number of carboxylic acid groups (broad SMARTS) is 1. The number of hydrogen-bond donors (Lipinski definition) is 11. The van der Waals surface area contributed by atoms with E-state index in [0.29, 0.717) is 18.4 Å². The van der Waals surface area contributed by atoms with Crippen molar-refractivity contribution < 1.29 is 98.4 Å². The summed E-state index contributed by atoms with van der Waals surface area (Å²) in [6, 6.07) is 10.6. The maximum absolute atomic E-state index is 14.3. The number of hydrogen-bond acceptors (Lipinski definition) is 20. The Morgan fingerprint density at radius 2 is 1.51 bits per heavy atom. The van der Waals surface area contributed by atoms with Crippen molar-refractivity contribution in [1.82, 2.24) is 10.2 Å². The number of aliphatic hydroxyl groups is 5. The van der Waals surface area contributed by atoms with Crippen LogP contribution in [0.2, 0.25) is 0 Å². The number of nitrogens with two attached hydrogens (primary N) is 1. The maximum atomic E-state index is 14.3. The van der Waals surface area contributed by atoms with Gasteiger partial charge in [0, 0.05) is 35.4 Å². The van der Waals surface area contributed by atoms with Crippen LogP contribution in [-0.2, 0) is 35.1 Å². The zero-order valence-corrected chi connectivity index (χ0v) is 40.4. The van der Waals surface area contributed by atoms with E-state index in [4.69, 9.17) is 34.2 Å². The molecule has 23 heteroatoms. The van der Waals surface area contributed by atoms with Crippen LogP contribution in [0.1, 0.15) is 103 Å². The molecule has 23 nitrogen and oxygen atoms in total. The molecular weight excluding hydrogens is 975 g/mol. The zero-order valence-electron chi connectivity index (χ0n) is 40.4. The second-order valence-electron chi connectivity index (χ2n) is 18.6. The van der Waals surface area contributed by atoms with Gasteiger partial charge in [0.1, 0.15) is 78.4 Å². The van der Waals surface area contributed by atoms with E-state index in [2.05, 4.69) is 5.32 Å². The van der Waals surface area contributed by atoms with Gasteiger partial charge in [-0.25, -0.2) is 9.59 Å². The number of nitrogens with zero attached hydrogens (tertiary/aromatic N) is 1. The second-order valence-corrected chi connectivity index (χ2v) is 18.6. The molecule has 0 radical (unpaired) electrons. The molecule has 2 aliphatic heterocycles. The van der Waals surface area contributed by atoms with Crippen LogP contribution in [0, 0.1) is 6.92 Å². The predicted octanol–water partition coefficient (Wildman–Crippen LogP) is 1.55. The number of unbranched alkanes of at least 4 members (excludes halogenated alkanes) is 1. The number of carbonyl (C=O) groups is 5. The molecule has 0 bridgehead atoms. The number of methoxy groups -OCH3 is 1. The highest BCUT2D eigenvalue weighted by Crippen LogP contribution is 2.57. The fourth-order valence-electron chi connectivity index (χ4n) is 10.0. The number of ketones is 2. The minimum absolute atomic E-state index is 0.00982. The largest absolute Gasteiger partial charge is 0.507 e. The van der Waals surface area contributed by atoms with E-state index in [1.165, 1.54) is 40.1 Å². The third-order valence-electron chi connectivity index (χ3n) is 13.8. The second kappa shape index (κ2) is 21.6. The molecule has 12 atom stereocenters. The van der Waals surface area contributed by atoms with Gasteiger partial charge in [-0.1, -0.05) is 36.4 Å². The fraction of sp³-hybridized carbons (Fsp3) is 0.431. The number of phenolic OH excluding ortho intramolecular Hbond substituents is 3. The molecule has 2 heterocycles. The first-order valence-corrected chi connectivity index (χ1v) is 23.6. The number of carbonyl (C=O) groups excluding carboxylic acids is 4. The zero-order chi connectivity index (χ0) is 53.6. The number of nitrogens with one attached hydrogen (secondary N) is 1. The first-order chi connectivity index (χ1) is 35.2. The van der Waals surface area contributed by atoms with Crippen LogP contribution in [0.3, 0.4) is 0 Å². The van der Waals surface area contributed by atoms with Gasteiger partial charge in [0.2, 0.25) is 0 Å². The molecule has 0 saturated carbocycles. The Balaban J connectivity index is 1.23. The Kier molecular flexibility index (Phi) is 15.6. The summed E-state index contributed by atoms with van der Waals surface area (Å²) in [5, 5.41) is 105. The molecule has 4 aliphatic rings. The molecule has 12 N–H and O–H groups in total. The number of aliphatic carboxylic acids is 1.